The monoisotopic (exact) mass is 541 g/mol. The second-order valence-electron chi connectivity index (χ2n) is 9.03. The fourth-order valence-electron chi connectivity index (χ4n) is 4.62. The number of benzene rings is 2. The summed E-state index contributed by atoms with van der Waals surface area (Å²) in [6.07, 6.45) is 5.10. The molecule has 0 bridgehead atoms. The van der Waals surface area contributed by atoms with Crippen molar-refractivity contribution >= 4 is 21.2 Å². The van der Waals surface area contributed by atoms with E-state index >= 15 is 0 Å². The highest BCUT2D eigenvalue weighted by Crippen LogP contribution is 2.43. The van der Waals surface area contributed by atoms with Gasteiger partial charge in [-0.1, -0.05) is 30.3 Å². The lowest BCUT2D eigenvalue weighted by atomic mass is 10.0. The van der Waals surface area contributed by atoms with Crippen molar-refractivity contribution in [1.82, 2.24) is 19.7 Å². The van der Waals surface area contributed by atoms with Crippen LogP contribution in [0.1, 0.15) is 12.5 Å². The molecule has 198 valence electrons. The first kappa shape index (κ1) is 25.9. The van der Waals surface area contributed by atoms with E-state index in [0.29, 0.717) is 17.9 Å². The summed E-state index contributed by atoms with van der Waals surface area (Å²) >= 11 is 0. The maximum absolute atomic E-state index is 13.8. The minimum absolute atomic E-state index is 0.113. The fraction of sp³-hybridized carbons (Fsp3) is 0.138. The van der Waals surface area contributed by atoms with Crippen LogP contribution in [0.5, 0.6) is 5.75 Å². The molecule has 5 aromatic rings. The number of aryl methyl sites for hydroxylation is 2. The Morgan fingerprint density at radius 3 is 2.36 bits per heavy atom. The SMILES string of the molecule is CCN(c1ccccc1)c1c(-c2ccn(C)n2)[nH]c(=O)c(S(=O)(=O)c2ccc(-c3ccncc3C)cc2)c1O. The normalized spacial score (nSPS) is 11.5. The molecule has 0 atom stereocenters. The molecule has 39 heavy (non-hydrogen) atoms. The van der Waals surface area contributed by atoms with Crippen molar-refractivity contribution in [2.45, 2.75) is 23.6 Å². The van der Waals surface area contributed by atoms with Gasteiger partial charge < -0.3 is 15.0 Å². The van der Waals surface area contributed by atoms with Crippen molar-refractivity contribution in [3.05, 3.63) is 101 Å². The Morgan fingerprint density at radius 2 is 1.74 bits per heavy atom. The number of pyridine rings is 2. The van der Waals surface area contributed by atoms with Gasteiger partial charge in [-0.05, 0) is 66.9 Å². The zero-order valence-electron chi connectivity index (χ0n) is 21.7. The number of aromatic amines is 1. The molecule has 3 aromatic heterocycles. The Balaban J connectivity index is 1.70. The largest absolute Gasteiger partial charge is 0.504 e. The summed E-state index contributed by atoms with van der Waals surface area (Å²) in [6.45, 7) is 4.16. The Hall–Kier alpha value is -4.70. The van der Waals surface area contributed by atoms with E-state index in [1.807, 2.05) is 50.2 Å². The number of anilines is 2. The predicted octanol–water partition coefficient (Wildman–Crippen LogP) is 4.84. The van der Waals surface area contributed by atoms with Gasteiger partial charge in [-0.15, -0.1) is 0 Å². The summed E-state index contributed by atoms with van der Waals surface area (Å²) < 4.78 is 29.2. The van der Waals surface area contributed by atoms with E-state index in [-0.39, 0.29) is 16.3 Å². The molecule has 0 spiro atoms. The van der Waals surface area contributed by atoms with Crippen molar-refractivity contribution in [3.63, 3.8) is 0 Å². The van der Waals surface area contributed by atoms with Crippen LogP contribution in [-0.2, 0) is 16.9 Å². The van der Waals surface area contributed by atoms with Gasteiger partial charge in [0.1, 0.15) is 11.4 Å². The molecule has 5 rings (SSSR count). The summed E-state index contributed by atoms with van der Waals surface area (Å²) in [5, 5.41) is 15.9. The van der Waals surface area contributed by atoms with E-state index in [1.54, 1.807) is 53.4 Å². The van der Waals surface area contributed by atoms with E-state index in [2.05, 4.69) is 15.1 Å². The predicted molar refractivity (Wildman–Crippen MR) is 150 cm³/mol. The molecule has 3 heterocycles. The summed E-state index contributed by atoms with van der Waals surface area (Å²) in [4.78, 5) is 21.0. The van der Waals surface area contributed by atoms with Gasteiger partial charge in [0.2, 0.25) is 9.84 Å². The Morgan fingerprint density at radius 1 is 1.03 bits per heavy atom. The minimum atomic E-state index is -4.41. The van der Waals surface area contributed by atoms with Gasteiger partial charge >= 0.3 is 0 Å². The van der Waals surface area contributed by atoms with Crippen molar-refractivity contribution in [1.29, 1.82) is 0 Å². The molecule has 0 saturated carbocycles. The molecule has 0 aliphatic rings. The van der Waals surface area contributed by atoms with Crippen LogP contribution in [0.2, 0.25) is 0 Å². The van der Waals surface area contributed by atoms with Crippen LogP contribution >= 0.6 is 0 Å². The highest BCUT2D eigenvalue weighted by atomic mass is 32.2. The molecule has 0 radical (unpaired) electrons. The van der Waals surface area contributed by atoms with Gasteiger partial charge in [-0.3, -0.25) is 14.5 Å². The van der Waals surface area contributed by atoms with Crippen LogP contribution in [0.4, 0.5) is 11.4 Å². The van der Waals surface area contributed by atoms with Crippen LogP contribution in [-0.4, -0.2) is 39.8 Å². The zero-order chi connectivity index (χ0) is 27.7. The van der Waals surface area contributed by atoms with Gasteiger partial charge in [0.25, 0.3) is 5.56 Å². The van der Waals surface area contributed by atoms with E-state index in [9.17, 15) is 18.3 Å². The molecule has 0 saturated heterocycles. The van der Waals surface area contributed by atoms with Crippen LogP contribution in [0, 0.1) is 6.92 Å². The zero-order valence-corrected chi connectivity index (χ0v) is 22.5. The number of nitrogens with one attached hydrogen (secondary N) is 1. The molecule has 0 unspecified atom stereocenters. The molecule has 0 amide bonds. The first-order valence-electron chi connectivity index (χ1n) is 12.3. The Bertz CT molecular complexity index is 1810. The van der Waals surface area contributed by atoms with Gasteiger partial charge in [-0.2, -0.15) is 5.10 Å². The number of hydrogen-bond acceptors (Lipinski definition) is 7. The summed E-state index contributed by atoms with van der Waals surface area (Å²) in [5.41, 5.74) is 3.18. The van der Waals surface area contributed by atoms with Gasteiger partial charge in [0.05, 0.1) is 10.6 Å². The first-order chi connectivity index (χ1) is 18.7. The van der Waals surface area contributed by atoms with Crippen molar-refractivity contribution in [2.75, 3.05) is 11.4 Å². The highest BCUT2D eigenvalue weighted by Gasteiger charge is 2.32. The Kier molecular flexibility index (Phi) is 6.80. The topological polar surface area (TPSA) is 121 Å². The number of aromatic nitrogens is 4. The van der Waals surface area contributed by atoms with E-state index in [1.165, 1.54) is 12.1 Å². The van der Waals surface area contributed by atoms with Crippen LogP contribution < -0.4 is 10.5 Å². The molecule has 0 fully saturated rings. The van der Waals surface area contributed by atoms with Crippen molar-refractivity contribution in [3.8, 4) is 28.3 Å². The number of aromatic hydroxyl groups is 1. The highest BCUT2D eigenvalue weighted by molar-refractivity contribution is 7.91. The molecule has 9 nitrogen and oxygen atoms in total. The van der Waals surface area contributed by atoms with Gasteiger partial charge in [0, 0.05) is 37.9 Å². The summed E-state index contributed by atoms with van der Waals surface area (Å²) in [6, 6.07) is 19.0. The number of rotatable bonds is 7. The third kappa shape index (κ3) is 4.70. The lowest BCUT2D eigenvalue weighted by Crippen LogP contribution is -2.24. The van der Waals surface area contributed by atoms with Crippen LogP contribution in [0.25, 0.3) is 22.5 Å². The standard InChI is InChI=1S/C29H27N5O4S/c1-4-34(21-8-6-5-7-9-21)26-25(24-15-17-33(3)32-24)31-29(36)28(27(26)35)39(37,38)22-12-10-20(11-13-22)23-14-16-30-18-19(23)2/h5-18H,4H2,1-3H3,(H2,31,35,36). The van der Waals surface area contributed by atoms with Crippen LogP contribution in [0.3, 0.4) is 0 Å². The quantitative estimate of drug-likeness (QED) is 0.302. The van der Waals surface area contributed by atoms with Crippen molar-refractivity contribution in [2.24, 2.45) is 7.05 Å². The van der Waals surface area contributed by atoms with Crippen molar-refractivity contribution < 1.29 is 13.5 Å². The minimum Gasteiger partial charge on any atom is -0.504 e. The number of para-hydroxylation sites is 1. The van der Waals surface area contributed by atoms with Gasteiger partial charge in [0.15, 0.2) is 10.6 Å². The Labute approximate surface area is 226 Å². The average molecular weight is 542 g/mol. The van der Waals surface area contributed by atoms with Crippen LogP contribution in [0.15, 0.2) is 99.9 Å². The number of hydrogen-bond donors (Lipinski definition) is 2. The first-order valence-corrected chi connectivity index (χ1v) is 13.8. The summed E-state index contributed by atoms with van der Waals surface area (Å²) in [7, 11) is -2.68. The second-order valence-corrected chi connectivity index (χ2v) is 10.9. The van der Waals surface area contributed by atoms with Gasteiger partial charge in [-0.25, -0.2) is 8.42 Å². The van der Waals surface area contributed by atoms with E-state index in [0.717, 1.165) is 16.7 Å². The number of H-pyrrole nitrogens is 1. The maximum Gasteiger partial charge on any atom is 0.271 e. The molecule has 2 aromatic carbocycles. The molecular formula is C29H27N5O4S. The second kappa shape index (κ2) is 10.2. The lowest BCUT2D eigenvalue weighted by molar-refractivity contribution is 0.456. The summed E-state index contributed by atoms with van der Waals surface area (Å²) in [5.74, 6) is -0.640. The molecule has 2 N–H and O–H groups in total. The average Bonchev–Trinajstić information content (AvgIpc) is 3.37. The molecule has 10 heteroatoms. The smallest absolute Gasteiger partial charge is 0.271 e. The number of sulfone groups is 1. The van der Waals surface area contributed by atoms with E-state index < -0.39 is 26.0 Å². The lowest BCUT2D eigenvalue weighted by Gasteiger charge is -2.27. The third-order valence-corrected chi connectivity index (χ3v) is 8.32. The maximum atomic E-state index is 13.8. The van der Waals surface area contributed by atoms with E-state index in [4.69, 9.17) is 0 Å². The number of nitrogens with zero attached hydrogens (tertiary/aromatic N) is 4. The molecule has 0 aliphatic carbocycles. The molecular weight excluding hydrogens is 514 g/mol. The third-order valence-electron chi connectivity index (χ3n) is 6.51. The fourth-order valence-corrected chi connectivity index (χ4v) is 5.99. The molecule has 0 aliphatic heterocycles.